The first-order valence-electron chi connectivity index (χ1n) is 9.26. The molecule has 2 aromatic rings. The predicted octanol–water partition coefficient (Wildman–Crippen LogP) is 2.61. The van der Waals surface area contributed by atoms with Crippen molar-refractivity contribution in [1.82, 2.24) is 14.9 Å². The third-order valence-electron chi connectivity index (χ3n) is 5.39. The van der Waals surface area contributed by atoms with Crippen LogP contribution in [0.4, 0.5) is 5.95 Å². The number of furan rings is 1. The van der Waals surface area contributed by atoms with Gasteiger partial charge in [-0.25, -0.2) is 4.98 Å². The van der Waals surface area contributed by atoms with Gasteiger partial charge in [-0.1, -0.05) is 0 Å². The molecule has 1 saturated heterocycles. The first-order chi connectivity index (χ1) is 12.1. The van der Waals surface area contributed by atoms with Crippen LogP contribution in [0.1, 0.15) is 49.0 Å². The Kier molecular flexibility index (Phi) is 4.37. The van der Waals surface area contributed by atoms with E-state index in [1.54, 1.807) is 0 Å². The van der Waals surface area contributed by atoms with Gasteiger partial charge in [0.05, 0.1) is 12.2 Å². The van der Waals surface area contributed by atoms with E-state index in [1.807, 2.05) is 19.1 Å². The van der Waals surface area contributed by atoms with Crippen LogP contribution in [0.5, 0.6) is 0 Å². The minimum absolute atomic E-state index is 0.0336. The highest BCUT2D eigenvalue weighted by Gasteiger charge is 2.25. The molecule has 0 amide bonds. The van der Waals surface area contributed by atoms with E-state index in [-0.39, 0.29) is 5.56 Å². The molecule has 1 N–H and O–H groups in total. The Labute approximate surface area is 147 Å². The number of nitrogens with zero attached hydrogens (tertiary/aromatic N) is 3. The van der Waals surface area contributed by atoms with Crippen LogP contribution in [0, 0.1) is 6.92 Å². The molecule has 25 heavy (non-hydrogen) atoms. The molecule has 6 nitrogen and oxygen atoms in total. The zero-order valence-electron chi connectivity index (χ0n) is 15.0. The molecular formula is C19H26N4O2. The SMILES string of the molecule is Cc1ccc(CN2CCc3c(nc(N4CCCCC4C)[nH]c3=O)C2)o1. The molecule has 0 bridgehead atoms. The van der Waals surface area contributed by atoms with Gasteiger partial charge in [0.1, 0.15) is 11.5 Å². The second kappa shape index (κ2) is 6.67. The zero-order chi connectivity index (χ0) is 17.4. The molecule has 0 spiro atoms. The highest BCUT2D eigenvalue weighted by atomic mass is 16.3. The van der Waals surface area contributed by atoms with E-state index >= 15 is 0 Å². The maximum Gasteiger partial charge on any atom is 0.255 e. The fraction of sp³-hybridized carbons (Fsp3) is 0.579. The van der Waals surface area contributed by atoms with Crippen molar-refractivity contribution in [2.75, 3.05) is 18.0 Å². The van der Waals surface area contributed by atoms with Crippen molar-refractivity contribution in [2.24, 2.45) is 0 Å². The minimum atomic E-state index is 0.0336. The van der Waals surface area contributed by atoms with Gasteiger partial charge in [-0.15, -0.1) is 0 Å². The van der Waals surface area contributed by atoms with Crippen LogP contribution in [0.2, 0.25) is 0 Å². The number of aromatic nitrogens is 2. The van der Waals surface area contributed by atoms with E-state index in [0.29, 0.717) is 12.6 Å². The number of nitrogens with one attached hydrogen (secondary N) is 1. The summed E-state index contributed by atoms with van der Waals surface area (Å²) in [7, 11) is 0. The van der Waals surface area contributed by atoms with E-state index in [2.05, 4.69) is 21.7 Å². The van der Waals surface area contributed by atoms with Gasteiger partial charge in [0.2, 0.25) is 5.95 Å². The first kappa shape index (κ1) is 16.4. The molecule has 1 fully saturated rings. The topological polar surface area (TPSA) is 65.4 Å². The van der Waals surface area contributed by atoms with Crippen LogP contribution >= 0.6 is 0 Å². The van der Waals surface area contributed by atoms with E-state index in [0.717, 1.165) is 67.6 Å². The molecule has 4 heterocycles. The van der Waals surface area contributed by atoms with Gasteiger partial charge in [-0.3, -0.25) is 14.7 Å². The molecule has 6 heteroatoms. The molecule has 2 aliphatic rings. The lowest BCUT2D eigenvalue weighted by molar-refractivity contribution is 0.220. The average Bonchev–Trinajstić information content (AvgIpc) is 3.00. The highest BCUT2D eigenvalue weighted by molar-refractivity contribution is 5.36. The smallest absolute Gasteiger partial charge is 0.255 e. The molecule has 0 radical (unpaired) electrons. The quantitative estimate of drug-likeness (QED) is 0.929. The predicted molar refractivity (Wildman–Crippen MR) is 96.8 cm³/mol. The van der Waals surface area contributed by atoms with Gasteiger partial charge < -0.3 is 9.32 Å². The van der Waals surface area contributed by atoms with Crippen molar-refractivity contribution < 1.29 is 4.42 Å². The Hall–Kier alpha value is -2.08. The second-order valence-corrected chi connectivity index (χ2v) is 7.33. The average molecular weight is 342 g/mol. The summed E-state index contributed by atoms with van der Waals surface area (Å²) in [5.41, 5.74) is 1.80. The zero-order valence-corrected chi connectivity index (χ0v) is 15.0. The lowest BCUT2D eigenvalue weighted by Gasteiger charge is -2.35. The fourth-order valence-electron chi connectivity index (χ4n) is 3.95. The van der Waals surface area contributed by atoms with Crippen LogP contribution < -0.4 is 10.5 Å². The van der Waals surface area contributed by atoms with Crippen molar-refractivity contribution in [3.63, 3.8) is 0 Å². The van der Waals surface area contributed by atoms with Crippen molar-refractivity contribution >= 4 is 5.95 Å². The standard InChI is InChI=1S/C19H26N4O2/c1-13-5-3-4-9-23(13)19-20-17-12-22(10-8-16(17)18(24)21-19)11-15-7-6-14(2)25-15/h6-7,13H,3-5,8-12H2,1-2H3,(H,20,21,24). The number of piperidine rings is 1. The van der Waals surface area contributed by atoms with Gasteiger partial charge in [0.25, 0.3) is 5.56 Å². The summed E-state index contributed by atoms with van der Waals surface area (Å²) in [6.07, 6.45) is 4.32. The normalized spacial score (nSPS) is 21.4. The summed E-state index contributed by atoms with van der Waals surface area (Å²) in [6.45, 7) is 7.47. The van der Waals surface area contributed by atoms with E-state index in [1.165, 1.54) is 6.42 Å². The van der Waals surface area contributed by atoms with Crippen LogP contribution in [0.25, 0.3) is 0 Å². The third-order valence-corrected chi connectivity index (χ3v) is 5.39. The largest absolute Gasteiger partial charge is 0.465 e. The van der Waals surface area contributed by atoms with E-state index < -0.39 is 0 Å². The molecule has 1 unspecified atom stereocenters. The maximum atomic E-state index is 12.5. The summed E-state index contributed by atoms with van der Waals surface area (Å²) < 4.78 is 5.69. The number of H-pyrrole nitrogens is 1. The number of anilines is 1. The Morgan fingerprint density at radius 3 is 2.96 bits per heavy atom. The molecule has 2 aromatic heterocycles. The van der Waals surface area contributed by atoms with Gasteiger partial charge >= 0.3 is 0 Å². The third kappa shape index (κ3) is 3.35. The van der Waals surface area contributed by atoms with Gasteiger partial charge in [0, 0.05) is 31.2 Å². The molecule has 0 aliphatic carbocycles. The minimum Gasteiger partial charge on any atom is -0.465 e. The monoisotopic (exact) mass is 342 g/mol. The summed E-state index contributed by atoms with van der Waals surface area (Å²) in [4.78, 5) is 25.0. The molecule has 134 valence electrons. The Morgan fingerprint density at radius 1 is 1.32 bits per heavy atom. The van der Waals surface area contributed by atoms with Crippen molar-refractivity contribution in [1.29, 1.82) is 0 Å². The highest BCUT2D eigenvalue weighted by Crippen LogP contribution is 2.23. The van der Waals surface area contributed by atoms with Gasteiger partial charge in [-0.2, -0.15) is 0 Å². The molecule has 2 aliphatic heterocycles. The summed E-state index contributed by atoms with van der Waals surface area (Å²) in [6, 6.07) is 4.45. The van der Waals surface area contributed by atoms with Crippen LogP contribution in [0.15, 0.2) is 21.3 Å². The molecule has 1 atom stereocenters. The second-order valence-electron chi connectivity index (χ2n) is 7.33. The Bertz CT molecular complexity index is 810. The molecular weight excluding hydrogens is 316 g/mol. The lowest BCUT2D eigenvalue weighted by Crippen LogP contribution is -2.41. The van der Waals surface area contributed by atoms with Crippen molar-refractivity contribution in [2.45, 2.75) is 58.7 Å². The number of fused-ring (bicyclic) bond motifs is 1. The van der Waals surface area contributed by atoms with Crippen molar-refractivity contribution in [3.05, 3.63) is 45.3 Å². The Morgan fingerprint density at radius 2 is 2.20 bits per heavy atom. The first-order valence-corrected chi connectivity index (χ1v) is 9.26. The van der Waals surface area contributed by atoms with Crippen LogP contribution in [0.3, 0.4) is 0 Å². The summed E-state index contributed by atoms with van der Waals surface area (Å²) in [5.74, 6) is 2.64. The van der Waals surface area contributed by atoms with Gasteiger partial charge in [0.15, 0.2) is 0 Å². The lowest BCUT2D eigenvalue weighted by atomic mass is 10.0. The number of aryl methyl sites for hydroxylation is 1. The van der Waals surface area contributed by atoms with Gasteiger partial charge in [-0.05, 0) is 51.7 Å². The van der Waals surface area contributed by atoms with Crippen LogP contribution in [-0.2, 0) is 19.5 Å². The number of rotatable bonds is 3. The van der Waals surface area contributed by atoms with Crippen molar-refractivity contribution in [3.8, 4) is 0 Å². The maximum absolute atomic E-state index is 12.5. The number of aromatic amines is 1. The van der Waals surface area contributed by atoms with Crippen LogP contribution in [-0.4, -0.2) is 34.0 Å². The molecule has 0 aromatic carbocycles. The number of hydrogen-bond acceptors (Lipinski definition) is 5. The summed E-state index contributed by atoms with van der Waals surface area (Å²) >= 11 is 0. The molecule has 0 saturated carbocycles. The summed E-state index contributed by atoms with van der Waals surface area (Å²) in [5, 5.41) is 0. The molecule has 4 rings (SSSR count). The van der Waals surface area contributed by atoms with E-state index in [4.69, 9.17) is 9.40 Å². The van der Waals surface area contributed by atoms with E-state index in [9.17, 15) is 4.79 Å². The Balaban J connectivity index is 1.56. The fourth-order valence-corrected chi connectivity index (χ4v) is 3.95. The number of hydrogen-bond donors (Lipinski definition) is 1.